The minimum Gasteiger partial charge on any atom is -0.489 e. The third-order valence-electron chi connectivity index (χ3n) is 10.1. The van der Waals surface area contributed by atoms with Gasteiger partial charge in [0.2, 0.25) is 11.8 Å². The van der Waals surface area contributed by atoms with E-state index < -0.39 is 48.4 Å². The molecule has 0 heterocycles. The molecular formula is C49H57N5O7. The van der Waals surface area contributed by atoms with Crippen LogP contribution < -0.4 is 36.5 Å². The van der Waals surface area contributed by atoms with Gasteiger partial charge in [0.25, 0.3) is 5.91 Å². The molecule has 5 aromatic rings. The van der Waals surface area contributed by atoms with Gasteiger partial charge in [-0.2, -0.15) is 0 Å². The van der Waals surface area contributed by atoms with E-state index >= 15 is 0 Å². The fraction of sp³-hybridized carbons (Fsp3) is 0.306. The summed E-state index contributed by atoms with van der Waals surface area (Å²) in [5.41, 5.74) is 8.16. The lowest BCUT2D eigenvalue weighted by molar-refractivity contribution is -0.149. The zero-order valence-electron chi connectivity index (χ0n) is 34.8. The predicted molar refractivity (Wildman–Crippen MR) is 241 cm³/mol. The molecule has 0 aliphatic carbocycles. The van der Waals surface area contributed by atoms with E-state index in [-0.39, 0.29) is 32.5 Å². The number of unbranched alkanes of at least 4 members (excludes halogenated alkanes) is 1. The summed E-state index contributed by atoms with van der Waals surface area (Å²) in [6, 6.07) is 29.8. The quantitative estimate of drug-likeness (QED) is 0.0250. The van der Waals surface area contributed by atoms with Crippen LogP contribution in [-0.2, 0) is 30.5 Å². The molecule has 0 unspecified atom stereocenters. The number of fused-ring (bicyclic) bond motifs is 2. The molecule has 61 heavy (non-hydrogen) atoms. The van der Waals surface area contributed by atoms with Gasteiger partial charge in [-0.3, -0.25) is 14.4 Å². The number of hydrogen-bond acceptors (Lipinski definition) is 9. The summed E-state index contributed by atoms with van der Waals surface area (Å²) in [5, 5.41) is 15.3. The molecule has 320 valence electrons. The van der Waals surface area contributed by atoms with Crippen LogP contribution in [-0.4, -0.2) is 75.2 Å². The SMILES string of the molecule is C=CCOc1ccc2ccccc2c1-c1c(OCC(=O)N[C@H](CCCCN)C(=O)N[C@H](CCCNC)C(=O)N[C@@H](CC=C)C(=O)OCc2ccccc2)ccc2ccccc12. The van der Waals surface area contributed by atoms with Gasteiger partial charge in [-0.15, -0.1) is 6.58 Å². The fourth-order valence-corrected chi connectivity index (χ4v) is 7.06. The van der Waals surface area contributed by atoms with Crippen LogP contribution >= 0.6 is 0 Å². The molecule has 0 fully saturated rings. The number of carbonyl (C=O) groups is 4. The molecule has 3 amide bonds. The molecule has 5 aromatic carbocycles. The molecule has 0 aliphatic rings. The highest BCUT2D eigenvalue weighted by atomic mass is 16.5. The van der Waals surface area contributed by atoms with Crippen molar-refractivity contribution >= 4 is 45.2 Å². The average molecular weight is 828 g/mol. The maximum Gasteiger partial charge on any atom is 0.329 e. The summed E-state index contributed by atoms with van der Waals surface area (Å²) in [4.78, 5) is 54.7. The second-order valence-electron chi connectivity index (χ2n) is 14.6. The number of ether oxygens (including phenoxy) is 3. The van der Waals surface area contributed by atoms with Gasteiger partial charge < -0.3 is 41.2 Å². The Morgan fingerprint density at radius 2 is 1.23 bits per heavy atom. The molecular weight excluding hydrogens is 771 g/mol. The third-order valence-corrected chi connectivity index (χ3v) is 10.1. The third kappa shape index (κ3) is 13.0. The number of nitrogens with one attached hydrogen (secondary N) is 4. The van der Waals surface area contributed by atoms with Crippen LogP contribution in [0, 0.1) is 0 Å². The normalized spacial score (nSPS) is 12.4. The first kappa shape index (κ1) is 45.6. The monoisotopic (exact) mass is 827 g/mol. The first-order valence-electron chi connectivity index (χ1n) is 20.7. The van der Waals surface area contributed by atoms with E-state index in [1.54, 1.807) is 13.1 Å². The van der Waals surface area contributed by atoms with Gasteiger partial charge in [0, 0.05) is 11.1 Å². The molecule has 12 nitrogen and oxygen atoms in total. The molecule has 6 N–H and O–H groups in total. The topological polar surface area (TPSA) is 170 Å². The highest BCUT2D eigenvalue weighted by molar-refractivity contribution is 6.10. The Labute approximate surface area is 357 Å². The van der Waals surface area contributed by atoms with Crippen LogP contribution in [0.3, 0.4) is 0 Å². The Morgan fingerprint density at radius 3 is 1.84 bits per heavy atom. The van der Waals surface area contributed by atoms with Crippen LogP contribution in [0.15, 0.2) is 128 Å². The van der Waals surface area contributed by atoms with Gasteiger partial charge in [0.15, 0.2) is 6.61 Å². The summed E-state index contributed by atoms with van der Waals surface area (Å²) in [6.07, 6.45) is 5.58. The number of nitrogens with two attached hydrogens (primary N) is 1. The number of hydrogen-bond donors (Lipinski definition) is 5. The van der Waals surface area contributed by atoms with Gasteiger partial charge in [-0.05, 0) is 97.9 Å². The van der Waals surface area contributed by atoms with E-state index in [4.69, 9.17) is 19.9 Å². The van der Waals surface area contributed by atoms with Gasteiger partial charge in [-0.1, -0.05) is 110 Å². The van der Waals surface area contributed by atoms with E-state index in [1.807, 2.05) is 103 Å². The van der Waals surface area contributed by atoms with Crippen molar-refractivity contribution < 1.29 is 33.4 Å². The van der Waals surface area contributed by atoms with Gasteiger partial charge >= 0.3 is 5.97 Å². The summed E-state index contributed by atoms with van der Waals surface area (Å²) in [7, 11) is 1.79. The molecule has 0 aliphatic heterocycles. The van der Waals surface area contributed by atoms with Crippen molar-refractivity contribution in [3.8, 4) is 22.6 Å². The van der Waals surface area contributed by atoms with Crippen LogP contribution in [0.5, 0.6) is 11.5 Å². The molecule has 0 spiro atoms. The molecule has 0 saturated carbocycles. The molecule has 0 saturated heterocycles. The van der Waals surface area contributed by atoms with Gasteiger partial charge in [-0.25, -0.2) is 4.79 Å². The maximum absolute atomic E-state index is 14.0. The molecule has 0 radical (unpaired) electrons. The summed E-state index contributed by atoms with van der Waals surface area (Å²) in [5.74, 6) is -1.18. The molecule has 0 bridgehead atoms. The summed E-state index contributed by atoms with van der Waals surface area (Å²) in [6.45, 7) is 8.48. The number of esters is 1. The van der Waals surface area contributed by atoms with Crippen molar-refractivity contribution in [3.63, 3.8) is 0 Å². The van der Waals surface area contributed by atoms with Crippen molar-refractivity contribution in [2.24, 2.45) is 5.73 Å². The molecule has 3 atom stereocenters. The maximum atomic E-state index is 14.0. The van der Waals surface area contributed by atoms with E-state index in [9.17, 15) is 19.2 Å². The second-order valence-corrected chi connectivity index (χ2v) is 14.6. The minimum atomic E-state index is -1.02. The standard InChI is InChI=1S/C49H57N5O7/c1-4-16-41(49(58)61-32-34-17-7-6-8-18-34)54-48(57)40(24-15-30-51-3)53-47(56)39(23-13-14-29-50)52-44(55)33-60-43-28-26-36-20-10-12-22-38(36)46(43)45-37-21-11-9-19-35(37)25-27-42(45)59-31-5-2/h4-12,17-22,25-28,39-41,51H,1-2,13-16,23-24,29-33,50H2,3H3,(H,52,55)(H,53,56)(H,54,57)/t39-,40-,41+/m1/s1. The fourth-order valence-electron chi connectivity index (χ4n) is 7.06. The van der Waals surface area contributed by atoms with Crippen molar-refractivity contribution in [1.29, 1.82) is 0 Å². The predicted octanol–water partition coefficient (Wildman–Crippen LogP) is 6.51. The van der Waals surface area contributed by atoms with Gasteiger partial charge in [0.05, 0.1) is 0 Å². The van der Waals surface area contributed by atoms with Crippen molar-refractivity contribution in [1.82, 2.24) is 21.3 Å². The summed E-state index contributed by atoms with van der Waals surface area (Å²) < 4.78 is 18.0. The van der Waals surface area contributed by atoms with Gasteiger partial charge in [0.1, 0.15) is 42.8 Å². The zero-order valence-corrected chi connectivity index (χ0v) is 34.8. The first-order valence-corrected chi connectivity index (χ1v) is 20.7. The average Bonchev–Trinajstić information content (AvgIpc) is 3.28. The molecule has 0 aromatic heterocycles. The minimum absolute atomic E-state index is 0.0376. The van der Waals surface area contributed by atoms with Crippen LogP contribution in [0.4, 0.5) is 0 Å². The summed E-state index contributed by atoms with van der Waals surface area (Å²) >= 11 is 0. The molecule has 12 heteroatoms. The van der Waals surface area contributed by atoms with Crippen molar-refractivity contribution in [3.05, 3.63) is 134 Å². The molecule has 5 rings (SSSR count). The van der Waals surface area contributed by atoms with E-state index in [0.717, 1.165) is 38.2 Å². The lowest BCUT2D eigenvalue weighted by atomic mass is 9.92. The van der Waals surface area contributed by atoms with Crippen molar-refractivity contribution in [2.45, 2.75) is 63.3 Å². The number of benzene rings is 5. The zero-order chi connectivity index (χ0) is 43.4. The Balaban J connectivity index is 1.35. The second kappa shape index (κ2) is 23.9. The first-order chi connectivity index (χ1) is 29.8. The smallest absolute Gasteiger partial charge is 0.329 e. The van der Waals surface area contributed by atoms with Crippen LogP contribution in [0.2, 0.25) is 0 Å². The van der Waals surface area contributed by atoms with E-state index in [0.29, 0.717) is 43.9 Å². The highest BCUT2D eigenvalue weighted by Crippen LogP contribution is 2.45. The highest BCUT2D eigenvalue weighted by Gasteiger charge is 2.30. The number of amides is 3. The van der Waals surface area contributed by atoms with Crippen LogP contribution in [0.1, 0.15) is 44.1 Å². The largest absolute Gasteiger partial charge is 0.489 e. The van der Waals surface area contributed by atoms with Crippen LogP contribution in [0.25, 0.3) is 32.7 Å². The Kier molecular flexibility index (Phi) is 17.9. The Morgan fingerprint density at radius 1 is 0.656 bits per heavy atom. The number of carbonyl (C=O) groups excluding carboxylic acids is 4. The lowest BCUT2D eigenvalue weighted by Gasteiger charge is -2.25. The van der Waals surface area contributed by atoms with Crippen molar-refractivity contribution in [2.75, 3.05) is 33.4 Å². The lowest BCUT2D eigenvalue weighted by Crippen LogP contribution is -2.56. The van der Waals surface area contributed by atoms with E-state index in [1.165, 1.54) is 6.08 Å². The van der Waals surface area contributed by atoms with E-state index in [2.05, 4.69) is 34.4 Å². The Bertz CT molecular complexity index is 2260. The Hall–Kier alpha value is -6.50. The number of rotatable bonds is 25.